The quantitative estimate of drug-likeness (QED) is 0.765. The van der Waals surface area contributed by atoms with Gasteiger partial charge in [0.15, 0.2) is 5.75 Å². The second kappa shape index (κ2) is 6.57. The molecule has 2 N–H and O–H groups in total. The van der Waals surface area contributed by atoms with Gasteiger partial charge in [-0.1, -0.05) is 13.0 Å². The third-order valence-corrected chi connectivity index (χ3v) is 3.20. The van der Waals surface area contributed by atoms with E-state index in [-0.39, 0.29) is 22.9 Å². The molecule has 1 atom stereocenters. The minimum Gasteiger partial charge on any atom is -0.478 e. The number of benzene rings is 1. The minimum absolute atomic E-state index is 0.189. The molecule has 0 heterocycles. The molecule has 0 aliphatic carbocycles. The summed E-state index contributed by atoms with van der Waals surface area (Å²) >= 11 is 0. The van der Waals surface area contributed by atoms with Crippen molar-refractivity contribution >= 4 is 22.0 Å². The van der Waals surface area contributed by atoms with Crippen LogP contribution in [0.2, 0.25) is 0 Å². The fraction of sp³-hybridized carbons (Fsp3) is 0.385. The van der Waals surface area contributed by atoms with Crippen molar-refractivity contribution in [2.75, 3.05) is 6.26 Å². The van der Waals surface area contributed by atoms with Gasteiger partial charge in [-0.2, -0.15) is 8.42 Å². The first-order chi connectivity index (χ1) is 9.65. The predicted molar refractivity (Wildman–Crippen MR) is 76.1 cm³/mol. The zero-order chi connectivity index (χ0) is 16.2. The molecule has 0 spiro atoms. The predicted octanol–water partition coefficient (Wildman–Crippen LogP) is 1.25. The highest BCUT2D eigenvalue weighted by Gasteiger charge is 2.24. The van der Waals surface area contributed by atoms with E-state index in [0.29, 0.717) is 6.42 Å². The van der Waals surface area contributed by atoms with Gasteiger partial charge in [-0.15, -0.1) is 0 Å². The monoisotopic (exact) mass is 315 g/mol. The molecule has 0 radical (unpaired) electrons. The maximum atomic E-state index is 12.2. The summed E-state index contributed by atoms with van der Waals surface area (Å²) in [6, 6.07) is 3.57. The van der Waals surface area contributed by atoms with E-state index in [1.165, 1.54) is 18.2 Å². The molecule has 1 unspecified atom stereocenters. The van der Waals surface area contributed by atoms with E-state index >= 15 is 0 Å². The van der Waals surface area contributed by atoms with Crippen LogP contribution in [0.4, 0.5) is 0 Å². The maximum absolute atomic E-state index is 12.2. The fourth-order valence-electron chi connectivity index (χ4n) is 1.57. The van der Waals surface area contributed by atoms with Crippen LogP contribution in [-0.4, -0.2) is 37.7 Å². The van der Waals surface area contributed by atoms with Crippen LogP contribution < -0.4 is 9.50 Å². The van der Waals surface area contributed by atoms with Crippen LogP contribution in [0.1, 0.15) is 41.0 Å². The second-order valence-corrected chi connectivity index (χ2v) is 6.13. The molecule has 1 rings (SSSR count). The van der Waals surface area contributed by atoms with Gasteiger partial charge >= 0.3 is 16.1 Å². The number of hydrogen-bond acceptors (Lipinski definition) is 5. The molecular formula is C13H17NO6S. The van der Waals surface area contributed by atoms with Gasteiger partial charge in [0.25, 0.3) is 5.91 Å². The van der Waals surface area contributed by atoms with Crippen LogP contribution >= 0.6 is 0 Å². The van der Waals surface area contributed by atoms with Gasteiger partial charge in [0.1, 0.15) is 0 Å². The molecule has 0 bridgehead atoms. The van der Waals surface area contributed by atoms with Gasteiger partial charge in [0, 0.05) is 6.04 Å². The summed E-state index contributed by atoms with van der Waals surface area (Å²) in [5.74, 6) is -2.34. The summed E-state index contributed by atoms with van der Waals surface area (Å²) < 4.78 is 27.2. The zero-order valence-electron chi connectivity index (χ0n) is 11.9. The number of nitrogens with one attached hydrogen (secondary N) is 1. The topological polar surface area (TPSA) is 110 Å². The number of aromatic carboxylic acids is 1. The lowest BCUT2D eigenvalue weighted by atomic mass is 10.1. The molecule has 7 nitrogen and oxygen atoms in total. The average molecular weight is 315 g/mol. The Kier molecular flexibility index (Phi) is 5.31. The van der Waals surface area contributed by atoms with Crippen molar-refractivity contribution in [1.82, 2.24) is 5.32 Å². The SMILES string of the molecule is CCC(C)NC(=O)c1c(OS(C)(=O)=O)cccc1C(=O)O. The van der Waals surface area contributed by atoms with Gasteiger partial charge in [-0.3, -0.25) is 4.79 Å². The van der Waals surface area contributed by atoms with Crippen molar-refractivity contribution < 1.29 is 27.3 Å². The summed E-state index contributed by atoms with van der Waals surface area (Å²) in [6.07, 6.45) is 1.46. The van der Waals surface area contributed by atoms with E-state index in [4.69, 9.17) is 9.29 Å². The van der Waals surface area contributed by atoms with Crippen molar-refractivity contribution in [2.24, 2.45) is 0 Å². The third-order valence-electron chi connectivity index (χ3n) is 2.71. The summed E-state index contributed by atoms with van der Waals surface area (Å²) in [7, 11) is -3.88. The lowest BCUT2D eigenvalue weighted by Gasteiger charge is -2.15. The molecule has 116 valence electrons. The van der Waals surface area contributed by atoms with Crippen LogP contribution in [0, 0.1) is 0 Å². The largest absolute Gasteiger partial charge is 0.478 e. The Bertz CT molecular complexity index is 653. The minimum atomic E-state index is -3.88. The van der Waals surface area contributed by atoms with Gasteiger partial charge < -0.3 is 14.6 Å². The van der Waals surface area contributed by atoms with Crippen molar-refractivity contribution in [2.45, 2.75) is 26.3 Å². The van der Waals surface area contributed by atoms with E-state index in [9.17, 15) is 18.0 Å². The van der Waals surface area contributed by atoms with Crippen molar-refractivity contribution in [1.29, 1.82) is 0 Å². The van der Waals surface area contributed by atoms with Gasteiger partial charge in [-0.25, -0.2) is 4.79 Å². The van der Waals surface area contributed by atoms with Gasteiger partial charge in [0.05, 0.1) is 17.4 Å². The molecule has 1 aromatic rings. The molecule has 0 aromatic heterocycles. The third kappa shape index (κ3) is 4.75. The molecule has 8 heteroatoms. The number of carboxylic acid groups (broad SMARTS) is 1. The number of carboxylic acids is 1. The number of carbonyl (C=O) groups excluding carboxylic acids is 1. The highest BCUT2D eigenvalue weighted by molar-refractivity contribution is 7.86. The number of hydrogen-bond donors (Lipinski definition) is 2. The molecule has 0 aliphatic rings. The van der Waals surface area contributed by atoms with Crippen molar-refractivity contribution in [3.63, 3.8) is 0 Å². The molecule has 0 fully saturated rings. The molecule has 0 aliphatic heterocycles. The molecule has 0 saturated carbocycles. The summed E-state index contributed by atoms with van der Waals surface area (Å²) in [4.78, 5) is 23.4. The molecular weight excluding hydrogens is 298 g/mol. The number of rotatable bonds is 6. The van der Waals surface area contributed by atoms with Gasteiger partial charge in [0.2, 0.25) is 0 Å². The van der Waals surface area contributed by atoms with Crippen LogP contribution in [0.25, 0.3) is 0 Å². The van der Waals surface area contributed by atoms with Gasteiger partial charge in [-0.05, 0) is 25.5 Å². The Labute approximate surface area is 123 Å². The van der Waals surface area contributed by atoms with Crippen LogP contribution in [0.15, 0.2) is 18.2 Å². The van der Waals surface area contributed by atoms with E-state index in [2.05, 4.69) is 5.32 Å². The fourth-order valence-corrected chi connectivity index (χ4v) is 2.04. The highest BCUT2D eigenvalue weighted by Crippen LogP contribution is 2.24. The second-order valence-electron chi connectivity index (χ2n) is 4.55. The number of carbonyl (C=O) groups is 2. The average Bonchev–Trinajstić information content (AvgIpc) is 2.36. The summed E-state index contributed by atoms with van der Waals surface area (Å²) in [5, 5.41) is 11.7. The van der Waals surface area contributed by atoms with Crippen LogP contribution in [0.3, 0.4) is 0 Å². The molecule has 0 saturated heterocycles. The lowest BCUT2D eigenvalue weighted by molar-refractivity contribution is 0.0690. The van der Waals surface area contributed by atoms with Crippen molar-refractivity contribution in [3.8, 4) is 5.75 Å². The first-order valence-corrected chi connectivity index (χ1v) is 8.04. The van der Waals surface area contributed by atoms with Crippen LogP contribution in [0.5, 0.6) is 5.75 Å². The normalized spacial score (nSPS) is 12.5. The molecule has 1 aromatic carbocycles. The Morgan fingerprint density at radius 1 is 1.38 bits per heavy atom. The molecule has 21 heavy (non-hydrogen) atoms. The van der Waals surface area contributed by atoms with Crippen molar-refractivity contribution in [3.05, 3.63) is 29.3 Å². The maximum Gasteiger partial charge on any atom is 0.336 e. The Balaban J connectivity index is 3.36. The lowest BCUT2D eigenvalue weighted by Crippen LogP contribution is -2.33. The van der Waals surface area contributed by atoms with Crippen LogP contribution in [-0.2, 0) is 10.1 Å². The van der Waals surface area contributed by atoms with E-state index < -0.39 is 22.0 Å². The van der Waals surface area contributed by atoms with E-state index in [1.54, 1.807) is 6.92 Å². The van der Waals surface area contributed by atoms with E-state index in [0.717, 1.165) is 6.26 Å². The molecule has 1 amide bonds. The smallest absolute Gasteiger partial charge is 0.336 e. The number of amides is 1. The Morgan fingerprint density at radius 2 is 2.00 bits per heavy atom. The summed E-state index contributed by atoms with van der Waals surface area (Å²) in [6.45, 7) is 3.60. The highest BCUT2D eigenvalue weighted by atomic mass is 32.2. The Hall–Kier alpha value is -2.09. The standard InChI is InChI=1S/C13H17NO6S/c1-4-8(2)14-12(15)11-9(13(16)17)6-5-7-10(11)20-21(3,18)19/h5-8H,4H2,1-3H3,(H,14,15)(H,16,17). The first-order valence-electron chi connectivity index (χ1n) is 6.22. The summed E-state index contributed by atoms with van der Waals surface area (Å²) in [5.41, 5.74) is -0.632. The Morgan fingerprint density at radius 3 is 2.48 bits per heavy atom. The first kappa shape index (κ1) is 17.0. The van der Waals surface area contributed by atoms with E-state index in [1.807, 2.05) is 6.92 Å². The zero-order valence-corrected chi connectivity index (χ0v) is 12.7.